The highest BCUT2D eigenvalue weighted by Gasteiger charge is 2.24. The second-order valence-electron chi connectivity index (χ2n) is 3.44. The molecule has 0 aliphatic carbocycles. The first kappa shape index (κ1) is 16.3. The van der Waals surface area contributed by atoms with Crippen LogP contribution in [-0.2, 0) is 14.4 Å². The number of rotatable bonds is 8. The minimum atomic E-state index is -0.751. The molecule has 0 radical (unpaired) electrons. The summed E-state index contributed by atoms with van der Waals surface area (Å²) in [6.45, 7) is 0. The first-order valence-corrected chi connectivity index (χ1v) is 5.42. The molecule has 0 heterocycles. The van der Waals surface area contributed by atoms with Gasteiger partial charge in [-0.15, -0.1) is 0 Å². The van der Waals surface area contributed by atoms with Crippen molar-refractivity contribution in [3.63, 3.8) is 0 Å². The van der Waals surface area contributed by atoms with Gasteiger partial charge in [0.05, 0.1) is 5.92 Å². The van der Waals surface area contributed by atoms with Gasteiger partial charge in [0.15, 0.2) is 0 Å². The standard InChI is InChI=1S/C9H20N6O3/c1-10-13-7(16)4-6(9(18)15-12-3)5-8(17)14-11-2/h6,10-12H,4-5H2,1-3H3,(H,13,16)(H,14,17)(H,15,18). The third kappa shape index (κ3) is 6.78. The summed E-state index contributed by atoms with van der Waals surface area (Å²) in [5.74, 6) is -1.91. The lowest BCUT2D eigenvalue weighted by atomic mass is 10.00. The number of carbonyl (C=O) groups is 3. The average molecular weight is 260 g/mol. The van der Waals surface area contributed by atoms with E-state index in [1.807, 2.05) is 0 Å². The summed E-state index contributed by atoms with van der Waals surface area (Å²) in [5, 5.41) is 0. The Bertz CT molecular complexity index is 276. The number of carbonyl (C=O) groups excluding carboxylic acids is 3. The van der Waals surface area contributed by atoms with Gasteiger partial charge in [-0.1, -0.05) is 0 Å². The van der Waals surface area contributed by atoms with E-state index in [1.54, 1.807) is 0 Å². The lowest BCUT2D eigenvalue weighted by molar-refractivity contribution is -0.134. The summed E-state index contributed by atoms with van der Waals surface area (Å²) in [6.07, 6.45) is -0.184. The van der Waals surface area contributed by atoms with Gasteiger partial charge in [0.25, 0.3) is 0 Å². The molecule has 104 valence electrons. The Labute approximate surface area is 105 Å². The highest BCUT2D eigenvalue weighted by molar-refractivity contribution is 5.89. The van der Waals surface area contributed by atoms with E-state index in [0.717, 1.165) is 0 Å². The lowest BCUT2D eigenvalue weighted by Gasteiger charge is -2.15. The molecule has 0 aromatic rings. The summed E-state index contributed by atoms with van der Waals surface area (Å²) in [6, 6.07) is 0. The highest BCUT2D eigenvalue weighted by Crippen LogP contribution is 2.08. The average Bonchev–Trinajstić information content (AvgIpc) is 2.29. The van der Waals surface area contributed by atoms with Crippen molar-refractivity contribution in [2.75, 3.05) is 21.1 Å². The molecule has 3 amide bonds. The Morgan fingerprint density at radius 1 is 0.778 bits per heavy atom. The molecule has 0 saturated carbocycles. The fraction of sp³-hybridized carbons (Fsp3) is 0.667. The van der Waals surface area contributed by atoms with E-state index in [-0.39, 0.29) is 24.7 Å². The van der Waals surface area contributed by atoms with Gasteiger partial charge in [-0.2, -0.15) is 0 Å². The molecule has 0 unspecified atom stereocenters. The van der Waals surface area contributed by atoms with Crippen LogP contribution in [0.15, 0.2) is 0 Å². The van der Waals surface area contributed by atoms with Gasteiger partial charge >= 0.3 is 0 Å². The van der Waals surface area contributed by atoms with E-state index in [1.165, 1.54) is 21.1 Å². The number of hydrazine groups is 3. The maximum Gasteiger partial charge on any atom is 0.238 e. The smallest absolute Gasteiger partial charge is 0.238 e. The molecule has 9 heteroatoms. The quantitative estimate of drug-likeness (QED) is 0.261. The molecular formula is C9H20N6O3. The summed E-state index contributed by atoms with van der Waals surface area (Å²) < 4.78 is 0. The summed E-state index contributed by atoms with van der Waals surface area (Å²) in [7, 11) is 4.60. The van der Waals surface area contributed by atoms with E-state index in [4.69, 9.17) is 0 Å². The van der Waals surface area contributed by atoms with Crippen LogP contribution in [0.2, 0.25) is 0 Å². The van der Waals surface area contributed by atoms with Crippen LogP contribution >= 0.6 is 0 Å². The van der Waals surface area contributed by atoms with Crippen molar-refractivity contribution in [3.05, 3.63) is 0 Å². The number of hydrogen-bond acceptors (Lipinski definition) is 6. The van der Waals surface area contributed by atoms with Crippen molar-refractivity contribution in [1.82, 2.24) is 32.6 Å². The van der Waals surface area contributed by atoms with Gasteiger partial charge in [-0.25, -0.2) is 16.3 Å². The van der Waals surface area contributed by atoms with Gasteiger partial charge in [-0.3, -0.25) is 30.7 Å². The van der Waals surface area contributed by atoms with Gasteiger partial charge in [0.1, 0.15) is 0 Å². The molecule has 0 bridgehead atoms. The molecule has 0 aliphatic rings. The van der Waals surface area contributed by atoms with Crippen LogP contribution < -0.4 is 32.6 Å². The minimum absolute atomic E-state index is 0.0918. The predicted molar refractivity (Wildman–Crippen MR) is 64.3 cm³/mol. The molecule has 0 fully saturated rings. The number of nitrogens with one attached hydrogen (secondary N) is 6. The highest BCUT2D eigenvalue weighted by atomic mass is 16.2. The molecule has 0 atom stereocenters. The molecule has 18 heavy (non-hydrogen) atoms. The molecule has 0 aromatic heterocycles. The maximum absolute atomic E-state index is 11.6. The summed E-state index contributed by atoms with van der Waals surface area (Å²) in [4.78, 5) is 34.4. The zero-order chi connectivity index (χ0) is 14.0. The van der Waals surface area contributed by atoms with Crippen molar-refractivity contribution in [2.45, 2.75) is 12.8 Å². The van der Waals surface area contributed by atoms with Crippen LogP contribution in [0.1, 0.15) is 12.8 Å². The van der Waals surface area contributed by atoms with Crippen molar-refractivity contribution in [3.8, 4) is 0 Å². The van der Waals surface area contributed by atoms with E-state index in [9.17, 15) is 14.4 Å². The first-order valence-electron chi connectivity index (χ1n) is 5.42. The van der Waals surface area contributed by atoms with Crippen LogP contribution in [0.25, 0.3) is 0 Å². The van der Waals surface area contributed by atoms with E-state index < -0.39 is 11.8 Å². The van der Waals surface area contributed by atoms with Crippen molar-refractivity contribution >= 4 is 17.7 Å². The van der Waals surface area contributed by atoms with Gasteiger partial charge in [0, 0.05) is 34.0 Å². The van der Waals surface area contributed by atoms with Crippen molar-refractivity contribution < 1.29 is 14.4 Å². The SMILES string of the molecule is CNNC(=O)CC(CC(=O)NNC)C(=O)NNC. The summed E-state index contributed by atoms with van der Waals surface area (Å²) in [5.41, 5.74) is 14.4. The van der Waals surface area contributed by atoms with Crippen molar-refractivity contribution in [1.29, 1.82) is 0 Å². The molecule has 6 N–H and O–H groups in total. The first-order chi connectivity index (χ1) is 8.54. The van der Waals surface area contributed by atoms with E-state index in [0.29, 0.717) is 0 Å². The second kappa shape index (κ2) is 9.33. The van der Waals surface area contributed by atoms with E-state index >= 15 is 0 Å². The van der Waals surface area contributed by atoms with Crippen LogP contribution in [0.5, 0.6) is 0 Å². The third-order valence-corrected chi connectivity index (χ3v) is 2.01. The fourth-order valence-electron chi connectivity index (χ4n) is 1.31. The van der Waals surface area contributed by atoms with Crippen LogP contribution in [0.4, 0.5) is 0 Å². The number of hydrogen-bond donors (Lipinski definition) is 6. The predicted octanol–water partition coefficient (Wildman–Crippen LogP) is -2.87. The maximum atomic E-state index is 11.6. The minimum Gasteiger partial charge on any atom is -0.292 e. The molecule has 0 saturated heterocycles. The fourth-order valence-corrected chi connectivity index (χ4v) is 1.31. The normalized spacial score (nSPS) is 10.0. The topological polar surface area (TPSA) is 123 Å². The molecule has 0 rings (SSSR count). The van der Waals surface area contributed by atoms with Crippen LogP contribution in [0, 0.1) is 5.92 Å². The van der Waals surface area contributed by atoms with Crippen molar-refractivity contribution in [2.24, 2.45) is 5.92 Å². The second-order valence-corrected chi connectivity index (χ2v) is 3.44. The van der Waals surface area contributed by atoms with Crippen LogP contribution in [-0.4, -0.2) is 38.9 Å². The van der Waals surface area contributed by atoms with E-state index in [2.05, 4.69) is 32.6 Å². The lowest BCUT2D eigenvalue weighted by Crippen LogP contribution is -2.44. The Hall–Kier alpha value is -1.71. The van der Waals surface area contributed by atoms with Gasteiger partial charge in [-0.05, 0) is 0 Å². The molecule has 9 nitrogen and oxygen atoms in total. The van der Waals surface area contributed by atoms with Gasteiger partial charge in [0.2, 0.25) is 17.7 Å². The van der Waals surface area contributed by atoms with Gasteiger partial charge < -0.3 is 0 Å². The molecular weight excluding hydrogens is 240 g/mol. The third-order valence-electron chi connectivity index (χ3n) is 2.01. The summed E-state index contributed by atoms with van der Waals surface area (Å²) >= 11 is 0. The Balaban J connectivity index is 4.46. The number of amides is 3. The molecule has 0 aromatic carbocycles. The molecule has 0 spiro atoms. The Kier molecular flexibility index (Phi) is 8.45. The Morgan fingerprint density at radius 3 is 1.50 bits per heavy atom. The zero-order valence-electron chi connectivity index (χ0n) is 10.7. The molecule has 0 aliphatic heterocycles. The zero-order valence-corrected chi connectivity index (χ0v) is 10.7. The largest absolute Gasteiger partial charge is 0.292 e. The van der Waals surface area contributed by atoms with Crippen LogP contribution in [0.3, 0.4) is 0 Å². The monoisotopic (exact) mass is 260 g/mol. The Morgan fingerprint density at radius 2 is 1.17 bits per heavy atom.